The first-order valence-electron chi connectivity index (χ1n) is 7.62. The SMILES string of the molecule is COc1ccc(OCc2cc(C(=O)N(C)Cc3nccs3)no2)c(Cl)c1. The van der Waals surface area contributed by atoms with Gasteiger partial charge in [0.25, 0.3) is 5.91 Å². The molecule has 0 aliphatic heterocycles. The molecule has 1 aromatic carbocycles. The number of ether oxygens (including phenoxy) is 2. The summed E-state index contributed by atoms with van der Waals surface area (Å²) in [6.45, 7) is 0.513. The van der Waals surface area contributed by atoms with E-state index in [1.807, 2.05) is 5.38 Å². The van der Waals surface area contributed by atoms with Gasteiger partial charge in [-0.25, -0.2) is 4.98 Å². The van der Waals surface area contributed by atoms with Crippen LogP contribution in [0.2, 0.25) is 5.02 Å². The van der Waals surface area contributed by atoms with Crippen LogP contribution in [0.15, 0.2) is 40.4 Å². The van der Waals surface area contributed by atoms with Crippen LogP contribution in [0.1, 0.15) is 21.3 Å². The number of amides is 1. The second kappa shape index (κ2) is 8.20. The third kappa shape index (κ3) is 4.33. The van der Waals surface area contributed by atoms with Crippen LogP contribution in [-0.2, 0) is 13.2 Å². The molecule has 9 heteroatoms. The molecule has 2 aromatic heterocycles. The van der Waals surface area contributed by atoms with Crippen molar-refractivity contribution in [2.75, 3.05) is 14.2 Å². The highest BCUT2D eigenvalue weighted by atomic mass is 35.5. The van der Waals surface area contributed by atoms with Crippen LogP contribution >= 0.6 is 22.9 Å². The summed E-state index contributed by atoms with van der Waals surface area (Å²) in [5.41, 5.74) is 0.212. The van der Waals surface area contributed by atoms with Crippen LogP contribution in [0.4, 0.5) is 0 Å². The van der Waals surface area contributed by atoms with Gasteiger partial charge in [0.2, 0.25) is 0 Å². The molecular weight excluding hydrogens is 378 g/mol. The molecule has 7 nitrogen and oxygen atoms in total. The lowest BCUT2D eigenvalue weighted by Crippen LogP contribution is -2.26. The second-order valence-corrected chi connectivity index (χ2v) is 6.74. The maximum absolute atomic E-state index is 12.4. The Balaban J connectivity index is 1.60. The Morgan fingerprint density at radius 1 is 1.38 bits per heavy atom. The largest absolute Gasteiger partial charge is 0.497 e. The van der Waals surface area contributed by atoms with Crippen LogP contribution in [0.5, 0.6) is 11.5 Å². The van der Waals surface area contributed by atoms with E-state index in [1.165, 1.54) is 16.2 Å². The Morgan fingerprint density at radius 2 is 2.23 bits per heavy atom. The molecule has 0 saturated carbocycles. The van der Waals surface area contributed by atoms with Crippen molar-refractivity contribution in [3.63, 3.8) is 0 Å². The summed E-state index contributed by atoms with van der Waals surface area (Å²) >= 11 is 7.61. The van der Waals surface area contributed by atoms with Crippen LogP contribution in [-0.4, -0.2) is 35.1 Å². The lowest BCUT2D eigenvalue weighted by atomic mass is 10.3. The standard InChI is InChI=1S/C17H16ClN3O4S/c1-21(9-16-19-5-6-26-16)17(22)14-8-12(25-20-14)10-24-15-4-3-11(23-2)7-13(15)18/h3-8H,9-10H2,1-2H3. The Kier molecular flexibility index (Phi) is 5.75. The highest BCUT2D eigenvalue weighted by Gasteiger charge is 2.18. The van der Waals surface area contributed by atoms with E-state index in [4.69, 9.17) is 25.6 Å². The maximum atomic E-state index is 12.4. The van der Waals surface area contributed by atoms with Gasteiger partial charge in [-0.3, -0.25) is 4.79 Å². The summed E-state index contributed by atoms with van der Waals surface area (Å²) in [7, 11) is 3.25. The maximum Gasteiger partial charge on any atom is 0.276 e. The number of carbonyl (C=O) groups excluding carboxylic acids is 1. The van der Waals surface area contributed by atoms with Gasteiger partial charge in [0.05, 0.1) is 18.7 Å². The predicted molar refractivity (Wildman–Crippen MR) is 96.8 cm³/mol. The van der Waals surface area contributed by atoms with Crippen LogP contribution in [0.25, 0.3) is 0 Å². The van der Waals surface area contributed by atoms with Gasteiger partial charge in [-0.2, -0.15) is 0 Å². The van der Waals surface area contributed by atoms with Crippen LogP contribution < -0.4 is 9.47 Å². The van der Waals surface area contributed by atoms with Gasteiger partial charge in [0.1, 0.15) is 23.1 Å². The minimum absolute atomic E-state index is 0.0997. The van der Waals surface area contributed by atoms with E-state index in [2.05, 4.69) is 10.1 Å². The van der Waals surface area contributed by atoms with Crippen molar-refractivity contribution in [3.8, 4) is 11.5 Å². The van der Waals surface area contributed by atoms with Crippen molar-refractivity contribution >= 4 is 28.8 Å². The first kappa shape index (κ1) is 18.2. The van der Waals surface area contributed by atoms with Crippen LogP contribution in [0.3, 0.4) is 0 Å². The van der Waals surface area contributed by atoms with E-state index >= 15 is 0 Å². The zero-order chi connectivity index (χ0) is 18.5. The third-order valence-electron chi connectivity index (χ3n) is 3.49. The van der Waals surface area contributed by atoms with E-state index in [0.29, 0.717) is 28.8 Å². The molecule has 0 unspecified atom stereocenters. The molecule has 2 heterocycles. The fourth-order valence-corrected chi connectivity index (χ4v) is 3.05. The van der Waals surface area contributed by atoms with Gasteiger partial charge in [-0.15, -0.1) is 11.3 Å². The van der Waals surface area contributed by atoms with E-state index in [-0.39, 0.29) is 18.2 Å². The van der Waals surface area contributed by atoms with E-state index < -0.39 is 0 Å². The molecule has 0 saturated heterocycles. The summed E-state index contributed by atoms with van der Waals surface area (Å²) < 4.78 is 15.9. The summed E-state index contributed by atoms with van der Waals surface area (Å²) in [5.74, 6) is 1.29. The Morgan fingerprint density at radius 3 is 2.92 bits per heavy atom. The number of rotatable bonds is 7. The molecule has 3 aromatic rings. The highest BCUT2D eigenvalue weighted by Crippen LogP contribution is 2.29. The van der Waals surface area contributed by atoms with Gasteiger partial charge in [-0.1, -0.05) is 16.8 Å². The zero-order valence-electron chi connectivity index (χ0n) is 14.1. The normalized spacial score (nSPS) is 10.6. The molecule has 26 heavy (non-hydrogen) atoms. The quantitative estimate of drug-likeness (QED) is 0.609. The average molecular weight is 394 g/mol. The Bertz CT molecular complexity index is 882. The molecule has 0 spiro atoms. The number of hydrogen-bond acceptors (Lipinski definition) is 7. The van der Waals surface area contributed by atoms with Crippen LogP contribution in [0, 0.1) is 0 Å². The molecule has 0 bridgehead atoms. The number of halogens is 1. The minimum Gasteiger partial charge on any atom is -0.497 e. The number of hydrogen-bond donors (Lipinski definition) is 0. The molecule has 136 valence electrons. The second-order valence-electron chi connectivity index (χ2n) is 5.35. The molecule has 0 aliphatic carbocycles. The fourth-order valence-electron chi connectivity index (χ4n) is 2.16. The van der Waals surface area contributed by atoms with Gasteiger partial charge in [-0.05, 0) is 12.1 Å². The summed E-state index contributed by atoms with van der Waals surface area (Å²) in [5, 5.41) is 6.95. The lowest BCUT2D eigenvalue weighted by Gasteiger charge is -2.13. The molecule has 0 fully saturated rings. The monoisotopic (exact) mass is 393 g/mol. The van der Waals surface area contributed by atoms with Crippen molar-refractivity contribution in [2.45, 2.75) is 13.2 Å². The highest BCUT2D eigenvalue weighted by molar-refractivity contribution is 7.09. The minimum atomic E-state index is -0.252. The summed E-state index contributed by atoms with van der Waals surface area (Å²) in [6, 6.07) is 6.65. The smallest absolute Gasteiger partial charge is 0.276 e. The van der Waals surface area contributed by atoms with Crippen molar-refractivity contribution < 1.29 is 18.8 Å². The summed E-state index contributed by atoms with van der Waals surface area (Å²) in [6.07, 6.45) is 1.70. The predicted octanol–water partition coefficient (Wildman–Crippen LogP) is 3.64. The first-order chi connectivity index (χ1) is 12.6. The molecule has 0 aliphatic rings. The van der Waals surface area contributed by atoms with Gasteiger partial charge in [0, 0.05) is 30.8 Å². The van der Waals surface area contributed by atoms with E-state index in [0.717, 1.165) is 5.01 Å². The number of methoxy groups -OCH3 is 1. The average Bonchev–Trinajstić information content (AvgIpc) is 3.31. The van der Waals surface area contributed by atoms with Crippen molar-refractivity contribution in [1.82, 2.24) is 15.0 Å². The number of nitrogens with zero attached hydrogens (tertiary/aromatic N) is 3. The van der Waals surface area contributed by atoms with Gasteiger partial charge >= 0.3 is 0 Å². The summed E-state index contributed by atoms with van der Waals surface area (Å²) in [4.78, 5) is 18.1. The molecule has 0 atom stereocenters. The number of aromatic nitrogens is 2. The number of thiazole rings is 1. The van der Waals surface area contributed by atoms with Crippen molar-refractivity contribution in [1.29, 1.82) is 0 Å². The molecular formula is C17H16ClN3O4S. The fraction of sp³-hybridized carbons (Fsp3) is 0.235. The Labute approximate surface area is 159 Å². The number of benzene rings is 1. The zero-order valence-corrected chi connectivity index (χ0v) is 15.7. The molecule has 0 N–H and O–H groups in total. The van der Waals surface area contributed by atoms with E-state index in [9.17, 15) is 4.79 Å². The molecule has 0 radical (unpaired) electrons. The molecule has 1 amide bonds. The lowest BCUT2D eigenvalue weighted by molar-refractivity contribution is 0.0774. The number of carbonyl (C=O) groups is 1. The Hall–Kier alpha value is -2.58. The molecule has 3 rings (SSSR count). The topological polar surface area (TPSA) is 77.7 Å². The van der Waals surface area contributed by atoms with Gasteiger partial charge < -0.3 is 18.9 Å². The van der Waals surface area contributed by atoms with Gasteiger partial charge in [0.15, 0.2) is 11.5 Å². The van der Waals surface area contributed by atoms with Crippen molar-refractivity contribution in [3.05, 3.63) is 57.3 Å². The third-order valence-corrected chi connectivity index (χ3v) is 4.55. The van der Waals surface area contributed by atoms with Crippen molar-refractivity contribution in [2.24, 2.45) is 0 Å². The van der Waals surface area contributed by atoms with E-state index in [1.54, 1.807) is 44.6 Å². The first-order valence-corrected chi connectivity index (χ1v) is 8.88.